The van der Waals surface area contributed by atoms with Crippen LogP contribution in [0.4, 0.5) is 4.39 Å². The van der Waals surface area contributed by atoms with E-state index in [9.17, 15) is 14.0 Å². The second-order valence-electron chi connectivity index (χ2n) is 8.59. The highest BCUT2D eigenvalue weighted by Crippen LogP contribution is 2.38. The predicted octanol–water partition coefficient (Wildman–Crippen LogP) is 5.51. The number of amides is 1. The number of nitrogens with one attached hydrogen (secondary N) is 1. The molecule has 3 aromatic rings. The summed E-state index contributed by atoms with van der Waals surface area (Å²) in [6, 6.07) is 17.2. The molecule has 2 aromatic carbocycles. The SMILES string of the molecule is CCCc1cc(=O)n(-c2ccccc2)c(C)c1C(=O)NC(c1cccc(F)c1)C1CCC1. The summed E-state index contributed by atoms with van der Waals surface area (Å²) in [6.45, 7) is 3.85. The molecule has 1 unspecified atom stereocenters. The molecule has 1 amide bonds. The maximum absolute atomic E-state index is 13.9. The third-order valence-electron chi connectivity index (χ3n) is 6.41. The largest absolute Gasteiger partial charge is 0.345 e. The van der Waals surface area contributed by atoms with Gasteiger partial charge in [0.25, 0.3) is 11.5 Å². The maximum Gasteiger partial charge on any atom is 0.255 e. The summed E-state index contributed by atoms with van der Waals surface area (Å²) in [5, 5.41) is 3.20. The molecule has 0 spiro atoms. The van der Waals surface area contributed by atoms with Crippen molar-refractivity contribution in [3.63, 3.8) is 0 Å². The molecule has 1 aromatic heterocycles. The van der Waals surface area contributed by atoms with Gasteiger partial charge in [-0.2, -0.15) is 0 Å². The lowest BCUT2D eigenvalue weighted by atomic mass is 9.77. The minimum Gasteiger partial charge on any atom is -0.345 e. The van der Waals surface area contributed by atoms with Crippen LogP contribution in [0.15, 0.2) is 65.5 Å². The van der Waals surface area contributed by atoms with Gasteiger partial charge in [0, 0.05) is 17.4 Å². The van der Waals surface area contributed by atoms with Crippen molar-refractivity contribution < 1.29 is 9.18 Å². The number of aromatic nitrogens is 1. The Morgan fingerprint density at radius 1 is 1.12 bits per heavy atom. The van der Waals surface area contributed by atoms with Crippen LogP contribution < -0.4 is 10.9 Å². The summed E-state index contributed by atoms with van der Waals surface area (Å²) in [4.78, 5) is 26.6. The molecule has 0 bridgehead atoms. The van der Waals surface area contributed by atoms with Gasteiger partial charge < -0.3 is 5.32 Å². The number of hydrogen-bond acceptors (Lipinski definition) is 2. The second kappa shape index (κ2) is 9.51. The molecule has 1 heterocycles. The van der Waals surface area contributed by atoms with Crippen molar-refractivity contribution in [2.45, 2.75) is 52.0 Å². The van der Waals surface area contributed by atoms with Gasteiger partial charge in [-0.15, -0.1) is 0 Å². The van der Waals surface area contributed by atoms with E-state index in [1.54, 1.807) is 16.7 Å². The molecule has 4 nitrogen and oxygen atoms in total. The number of pyridine rings is 1. The van der Waals surface area contributed by atoms with Crippen molar-refractivity contribution in [1.82, 2.24) is 9.88 Å². The average molecular weight is 433 g/mol. The summed E-state index contributed by atoms with van der Waals surface area (Å²) in [7, 11) is 0. The Bertz CT molecular complexity index is 1170. The first-order valence-corrected chi connectivity index (χ1v) is 11.4. The van der Waals surface area contributed by atoms with E-state index < -0.39 is 0 Å². The Morgan fingerprint density at radius 3 is 2.50 bits per heavy atom. The fourth-order valence-electron chi connectivity index (χ4n) is 4.63. The van der Waals surface area contributed by atoms with Crippen molar-refractivity contribution in [2.24, 2.45) is 5.92 Å². The number of halogens is 1. The first-order chi connectivity index (χ1) is 15.5. The van der Waals surface area contributed by atoms with E-state index in [2.05, 4.69) is 5.32 Å². The molecular formula is C27H29FN2O2. The zero-order valence-corrected chi connectivity index (χ0v) is 18.6. The summed E-state index contributed by atoms with van der Waals surface area (Å²) in [5.74, 6) is -0.228. The van der Waals surface area contributed by atoms with Crippen molar-refractivity contribution in [3.8, 4) is 5.69 Å². The Labute approximate surface area is 188 Å². The molecule has 1 N–H and O–H groups in total. The van der Waals surface area contributed by atoms with Crippen molar-refractivity contribution >= 4 is 5.91 Å². The van der Waals surface area contributed by atoms with Gasteiger partial charge in [0.1, 0.15) is 5.82 Å². The highest BCUT2D eigenvalue weighted by Gasteiger charge is 2.31. The van der Waals surface area contributed by atoms with Crippen molar-refractivity contribution in [1.29, 1.82) is 0 Å². The summed E-state index contributed by atoms with van der Waals surface area (Å²) in [5.41, 5.74) is 3.29. The molecule has 1 aliphatic carbocycles. The lowest BCUT2D eigenvalue weighted by molar-refractivity contribution is 0.0898. The fraction of sp³-hybridized carbons (Fsp3) is 0.333. The van der Waals surface area contributed by atoms with Gasteiger partial charge in [0.2, 0.25) is 0 Å². The Kier molecular flexibility index (Phi) is 6.54. The van der Waals surface area contributed by atoms with E-state index in [0.29, 0.717) is 17.7 Å². The molecule has 4 rings (SSSR count). The third kappa shape index (κ3) is 4.38. The van der Waals surface area contributed by atoms with Crippen LogP contribution in [0.5, 0.6) is 0 Å². The molecule has 166 valence electrons. The number of para-hydroxylation sites is 1. The van der Waals surface area contributed by atoms with E-state index in [1.807, 2.05) is 50.2 Å². The summed E-state index contributed by atoms with van der Waals surface area (Å²) >= 11 is 0. The van der Waals surface area contributed by atoms with Gasteiger partial charge in [-0.1, -0.05) is 50.1 Å². The number of benzene rings is 2. The molecule has 1 aliphatic rings. The molecule has 1 saturated carbocycles. The molecule has 1 fully saturated rings. The van der Waals surface area contributed by atoms with E-state index in [0.717, 1.165) is 42.5 Å². The normalized spacial score (nSPS) is 14.6. The van der Waals surface area contributed by atoms with Crippen molar-refractivity contribution in [2.75, 3.05) is 0 Å². The van der Waals surface area contributed by atoms with Gasteiger partial charge in [-0.3, -0.25) is 14.2 Å². The lowest BCUT2D eigenvalue weighted by Gasteiger charge is -2.35. The van der Waals surface area contributed by atoms with Gasteiger partial charge in [0.05, 0.1) is 11.6 Å². The number of nitrogens with zero attached hydrogens (tertiary/aromatic N) is 1. The van der Waals surface area contributed by atoms with E-state index in [4.69, 9.17) is 0 Å². The highest BCUT2D eigenvalue weighted by molar-refractivity contribution is 5.97. The number of hydrogen-bond donors (Lipinski definition) is 1. The van der Waals surface area contributed by atoms with Gasteiger partial charge in [0.15, 0.2) is 0 Å². The third-order valence-corrected chi connectivity index (χ3v) is 6.41. The molecule has 0 saturated heterocycles. The fourth-order valence-corrected chi connectivity index (χ4v) is 4.63. The summed E-state index contributed by atoms with van der Waals surface area (Å²) < 4.78 is 15.5. The molecular weight excluding hydrogens is 403 g/mol. The van der Waals surface area contributed by atoms with Crippen LogP contribution in [0.1, 0.15) is 65.8 Å². The van der Waals surface area contributed by atoms with E-state index in [-0.39, 0.29) is 29.2 Å². The topological polar surface area (TPSA) is 51.1 Å². The first kappa shape index (κ1) is 22.0. The minimum absolute atomic E-state index is 0.144. The van der Waals surface area contributed by atoms with Crippen LogP contribution in [0.25, 0.3) is 5.69 Å². The lowest BCUT2D eigenvalue weighted by Crippen LogP contribution is -2.38. The molecule has 0 radical (unpaired) electrons. The predicted molar refractivity (Wildman–Crippen MR) is 125 cm³/mol. The molecule has 5 heteroatoms. The zero-order valence-electron chi connectivity index (χ0n) is 18.6. The first-order valence-electron chi connectivity index (χ1n) is 11.4. The highest BCUT2D eigenvalue weighted by atomic mass is 19.1. The van der Waals surface area contributed by atoms with Crippen LogP contribution in [0, 0.1) is 18.7 Å². The monoisotopic (exact) mass is 432 g/mol. The maximum atomic E-state index is 13.9. The molecule has 1 atom stereocenters. The van der Waals surface area contributed by atoms with E-state index >= 15 is 0 Å². The van der Waals surface area contributed by atoms with Crippen molar-refractivity contribution in [3.05, 3.63) is 99.2 Å². The Balaban J connectivity index is 1.77. The van der Waals surface area contributed by atoms with Crippen LogP contribution >= 0.6 is 0 Å². The average Bonchev–Trinajstić information content (AvgIpc) is 2.73. The summed E-state index contributed by atoms with van der Waals surface area (Å²) in [6.07, 6.45) is 4.59. The van der Waals surface area contributed by atoms with Crippen LogP contribution in [-0.4, -0.2) is 10.5 Å². The van der Waals surface area contributed by atoms with Gasteiger partial charge in [-0.25, -0.2) is 4.39 Å². The number of carbonyl (C=O) groups is 1. The standard InChI is InChI=1S/C27H29FN2O2/c1-3-9-20-17-24(31)30(23-14-5-4-6-15-23)18(2)25(20)27(32)29-26(19-10-7-11-19)21-12-8-13-22(28)16-21/h4-6,8,12-17,19,26H,3,7,9-11H2,1-2H3,(H,29,32). The molecule has 32 heavy (non-hydrogen) atoms. The van der Waals surface area contributed by atoms with Gasteiger partial charge in [-0.05, 0) is 67.5 Å². The minimum atomic E-state index is -0.304. The number of rotatable bonds is 7. The quantitative estimate of drug-likeness (QED) is 0.535. The van der Waals surface area contributed by atoms with Crippen LogP contribution in [-0.2, 0) is 6.42 Å². The second-order valence-corrected chi connectivity index (χ2v) is 8.59. The Morgan fingerprint density at radius 2 is 1.88 bits per heavy atom. The number of carbonyl (C=O) groups excluding carboxylic acids is 1. The molecule has 0 aliphatic heterocycles. The smallest absolute Gasteiger partial charge is 0.255 e. The zero-order chi connectivity index (χ0) is 22.7. The number of aryl methyl sites for hydroxylation is 1. The van der Waals surface area contributed by atoms with Crippen LogP contribution in [0.2, 0.25) is 0 Å². The van der Waals surface area contributed by atoms with E-state index in [1.165, 1.54) is 12.1 Å². The van der Waals surface area contributed by atoms with Crippen LogP contribution in [0.3, 0.4) is 0 Å². The van der Waals surface area contributed by atoms with Gasteiger partial charge >= 0.3 is 0 Å². The Hall–Kier alpha value is -3.21.